The Morgan fingerprint density at radius 3 is 3.13 bits per heavy atom. The Labute approximate surface area is 91.8 Å². The molecule has 0 amide bonds. The fourth-order valence-corrected chi connectivity index (χ4v) is 1.91. The highest BCUT2D eigenvalue weighted by molar-refractivity contribution is 5.02. The van der Waals surface area contributed by atoms with Crippen molar-refractivity contribution in [2.75, 3.05) is 32.8 Å². The van der Waals surface area contributed by atoms with E-state index in [2.05, 4.69) is 30.3 Å². The minimum Gasteiger partial charge on any atom is -0.386 e. The molecule has 2 aliphatic rings. The van der Waals surface area contributed by atoms with Crippen molar-refractivity contribution in [3.05, 3.63) is 12.0 Å². The van der Waals surface area contributed by atoms with Gasteiger partial charge in [-0.05, 0) is 12.3 Å². The molecule has 0 aromatic heterocycles. The van der Waals surface area contributed by atoms with Crippen LogP contribution in [0, 0.1) is 5.92 Å². The summed E-state index contributed by atoms with van der Waals surface area (Å²) < 4.78 is 0. The Morgan fingerprint density at radius 2 is 2.33 bits per heavy atom. The Kier molecular flexibility index (Phi) is 3.36. The van der Waals surface area contributed by atoms with Crippen LogP contribution in [0.5, 0.6) is 0 Å². The third-order valence-electron chi connectivity index (χ3n) is 2.85. The smallest absolute Gasteiger partial charge is 0.145 e. The fraction of sp³-hybridized carbons (Fsp3) is 0.818. The SMILES string of the molecule is CC(C)CCN1OCCN2CCNC=C21. The summed E-state index contributed by atoms with van der Waals surface area (Å²) in [6, 6.07) is 0. The molecule has 0 aromatic carbocycles. The summed E-state index contributed by atoms with van der Waals surface area (Å²) in [5, 5.41) is 5.31. The number of fused-ring (bicyclic) bond motifs is 1. The van der Waals surface area contributed by atoms with E-state index >= 15 is 0 Å². The maximum Gasteiger partial charge on any atom is 0.145 e. The van der Waals surface area contributed by atoms with Crippen LogP contribution >= 0.6 is 0 Å². The molecule has 0 radical (unpaired) electrons. The standard InChI is InChI=1S/C11H21N3O/c1-10(2)3-5-14-11-9-12-4-6-13(11)7-8-15-14/h9-10,12H,3-8H2,1-2H3. The number of rotatable bonds is 3. The van der Waals surface area contributed by atoms with Gasteiger partial charge in [-0.25, -0.2) is 5.06 Å². The third-order valence-corrected chi connectivity index (χ3v) is 2.85. The molecule has 1 N–H and O–H groups in total. The predicted octanol–water partition coefficient (Wildman–Crippen LogP) is 0.984. The maximum absolute atomic E-state index is 5.68. The number of nitrogens with zero attached hydrogens (tertiary/aromatic N) is 2. The molecular formula is C11H21N3O. The zero-order valence-corrected chi connectivity index (χ0v) is 9.70. The second-order valence-electron chi connectivity index (χ2n) is 4.56. The van der Waals surface area contributed by atoms with Crippen molar-refractivity contribution in [3.63, 3.8) is 0 Å². The molecule has 1 saturated heterocycles. The van der Waals surface area contributed by atoms with Crippen LogP contribution in [0.25, 0.3) is 0 Å². The molecule has 86 valence electrons. The summed E-state index contributed by atoms with van der Waals surface area (Å²) in [6.07, 6.45) is 3.24. The Bertz CT molecular complexity index is 240. The normalized spacial score (nSPS) is 21.1. The lowest BCUT2D eigenvalue weighted by atomic mass is 10.1. The second-order valence-corrected chi connectivity index (χ2v) is 4.56. The molecular weight excluding hydrogens is 190 g/mol. The molecule has 0 spiro atoms. The van der Waals surface area contributed by atoms with E-state index in [1.54, 1.807) is 0 Å². The van der Waals surface area contributed by atoms with Gasteiger partial charge in [0.1, 0.15) is 5.82 Å². The molecule has 4 nitrogen and oxygen atoms in total. The lowest BCUT2D eigenvalue weighted by molar-refractivity contribution is -0.183. The highest BCUT2D eigenvalue weighted by Gasteiger charge is 2.24. The van der Waals surface area contributed by atoms with Gasteiger partial charge in [-0.3, -0.25) is 4.84 Å². The molecule has 2 rings (SSSR count). The van der Waals surface area contributed by atoms with Crippen LogP contribution < -0.4 is 5.32 Å². The third kappa shape index (κ3) is 2.56. The van der Waals surface area contributed by atoms with Crippen molar-refractivity contribution >= 4 is 0 Å². The monoisotopic (exact) mass is 211 g/mol. The highest BCUT2D eigenvalue weighted by atomic mass is 16.7. The highest BCUT2D eigenvalue weighted by Crippen LogP contribution is 2.18. The summed E-state index contributed by atoms with van der Waals surface area (Å²) in [6.45, 7) is 9.45. The molecule has 2 aliphatic heterocycles. The van der Waals surface area contributed by atoms with Gasteiger partial charge in [0.25, 0.3) is 0 Å². The van der Waals surface area contributed by atoms with Gasteiger partial charge in [-0.1, -0.05) is 13.8 Å². The van der Waals surface area contributed by atoms with Crippen molar-refractivity contribution in [1.29, 1.82) is 0 Å². The van der Waals surface area contributed by atoms with Gasteiger partial charge in [0.2, 0.25) is 0 Å². The zero-order chi connectivity index (χ0) is 10.7. The van der Waals surface area contributed by atoms with Crippen molar-refractivity contribution in [2.24, 2.45) is 5.92 Å². The average molecular weight is 211 g/mol. The molecule has 15 heavy (non-hydrogen) atoms. The van der Waals surface area contributed by atoms with Crippen LogP contribution in [0.4, 0.5) is 0 Å². The largest absolute Gasteiger partial charge is 0.386 e. The van der Waals surface area contributed by atoms with Crippen LogP contribution in [0.2, 0.25) is 0 Å². The van der Waals surface area contributed by atoms with E-state index in [0.29, 0.717) is 0 Å². The lowest BCUT2D eigenvalue weighted by Gasteiger charge is -2.41. The van der Waals surface area contributed by atoms with E-state index in [-0.39, 0.29) is 0 Å². The van der Waals surface area contributed by atoms with Crippen LogP contribution in [-0.4, -0.2) is 42.7 Å². The Morgan fingerprint density at radius 1 is 1.47 bits per heavy atom. The Balaban J connectivity index is 1.94. The molecule has 0 unspecified atom stereocenters. The van der Waals surface area contributed by atoms with Gasteiger partial charge in [0.15, 0.2) is 0 Å². The quantitative estimate of drug-likeness (QED) is 0.753. The van der Waals surface area contributed by atoms with E-state index in [4.69, 9.17) is 4.84 Å². The number of nitrogens with one attached hydrogen (secondary N) is 1. The molecule has 1 fully saturated rings. The first-order chi connectivity index (χ1) is 7.27. The van der Waals surface area contributed by atoms with Crippen LogP contribution in [0.1, 0.15) is 20.3 Å². The van der Waals surface area contributed by atoms with Crippen LogP contribution in [0.15, 0.2) is 12.0 Å². The first kappa shape index (κ1) is 10.6. The van der Waals surface area contributed by atoms with Crippen LogP contribution in [0.3, 0.4) is 0 Å². The van der Waals surface area contributed by atoms with Crippen molar-refractivity contribution in [1.82, 2.24) is 15.3 Å². The maximum atomic E-state index is 5.68. The van der Waals surface area contributed by atoms with Crippen LogP contribution in [-0.2, 0) is 4.84 Å². The van der Waals surface area contributed by atoms with E-state index in [1.807, 2.05) is 5.06 Å². The fourth-order valence-electron chi connectivity index (χ4n) is 1.91. The minimum atomic E-state index is 0.723. The molecule has 0 atom stereocenters. The van der Waals surface area contributed by atoms with Gasteiger partial charge in [0, 0.05) is 32.4 Å². The van der Waals surface area contributed by atoms with Crippen molar-refractivity contribution in [3.8, 4) is 0 Å². The van der Waals surface area contributed by atoms with Crippen molar-refractivity contribution < 1.29 is 4.84 Å². The topological polar surface area (TPSA) is 27.7 Å². The molecule has 2 heterocycles. The van der Waals surface area contributed by atoms with Gasteiger partial charge >= 0.3 is 0 Å². The molecule has 4 heteroatoms. The first-order valence-electron chi connectivity index (χ1n) is 5.86. The number of hydrogen-bond donors (Lipinski definition) is 1. The summed E-state index contributed by atoms with van der Waals surface area (Å²) in [7, 11) is 0. The molecule has 0 bridgehead atoms. The summed E-state index contributed by atoms with van der Waals surface area (Å²) in [5.41, 5.74) is 0. The zero-order valence-electron chi connectivity index (χ0n) is 9.70. The number of hydroxylamine groups is 2. The predicted molar refractivity (Wildman–Crippen MR) is 59.8 cm³/mol. The summed E-state index contributed by atoms with van der Waals surface area (Å²) >= 11 is 0. The van der Waals surface area contributed by atoms with Gasteiger partial charge in [-0.15, -0.1) is 0 Å². The van der Waals surface area contributed by atoms with E-state index in [1.165, 1.54) is 12.2 Å². The molecule has 0 aliphatic carbocycles. The summed E-state index contributed by atoms with van der Waals surface area (Å²) in [5.74, 6) is 1.93. The van der Waals surface area contributed by atoms with E-state index in [0.717, 1.165) is 38.7 Å². The second kappa shape index (κ2) is 4.75. The molecule has 0 saturated carbocycles. The van der Waals surface area contributed by atoms with E-state index in [9.17, 15) is 0 Å². The lowest BCUT2D eigenvalue weighted by Crippen LogP contribution is -2.49. The van der Waals surface area contributed by atoms with E-state index < -0.39 is 0 Å². The first-order valence-corrected chi connectivity index (χ1v) is 5.86. The van der Waals surface area contributed by atoms with Gasteiger partial charge in [-0.2, -0.15) is 0 Å². The minimum absolute atomic E-state index is 0.723. The molecule has 0 aromatic rings. The van der Waals surface area contributed by atoms with Crippen molar-refractivity contribution in [2.45, 2.75) is 20.3 Å². The average Bonchev–Trinajstić information content (AvgIpc) is 2.26. The van der Waals surface area contributed by atoms with Gasteiger partial charge < -0.3 is 10.2 Å². The van der Waals surface area contributed by atoms with Gasteiger partial charge in [0.05, 0.1) is 6.61 Å². The number of hydrogen-bond acceptors (Lipinski definition) is 4. The Hall–Kier alpha value is -0.900. The summed E-state index contributed by atoms with van der Waals surface area (Å²) in [4.78, 5) is 8.07.